The summed E-state index contributed by atoms with van der Waals surface area (Å²) >= 11 is 0. The van der Waals surface area contributed by atoms with Gasteiger partial charge in [0.25, 0.3) is 0 Å². The summed E-state index contributed by atoms with van der Waals surface area (Å²) in [5.74, 6) is 0.115. The Morgan fingerprint density at radius 2 is 1.92 bits per heavy atom. The highest BCUT2D eigenvalue weighted by Gasteiger charge is 2.26. The Kier molecular flexibility index (Phi) is 8.27. The number of alkyl carbamates (subject to hydrolysis) is 1. The first kappa shape index (κ1) is 21.7. The molecule has 1 rings (SSSR count). The molecular weight excluding hydrogens is 344 g/mol. The summed E-state index contributed by atoms with van der Waals surface area (Å²) in [5, 5.41) is 14.0. The van der Waals surface area contributed by atoms with E-state index in [-0.39, 0.29) is 23.6 Å². The maximum atomic E-state index is 11.5. The summed E-state index contributed by atoms with van der Waals surface area (Å²) in [5.41, 5.74) is -0.508. The van der Waals surface area contributed by atoms with E-state index >= 15 is 0 Å². The smallest absolute Gasteiger partial charge is 0.407 e. The summed E-state index contributed by atoms with van der Waals surface area (Å²) < 4.78 is 20.8. The minimum absolute atomic E-state index is 0.115. The van der Waals surface area contributed by atoms with E-state index in [4.69, 9.17) is 18.9 Å². The van der Waals surface area contributed by atoms with Crippen LogP contribution in [0.2, 0.25) is 0 Å². The van der Waals surface area contributed by atoms with E-state index in [1.807, 2.05) is 0 Å². The molecular formula is C17H26N2O7. The molecule has 0 saturated heterocycles. The van der Waals surface area contributed by atoms with E-state index in [2.05, 4.69) is 5.32 Å². The summed E-state index contributed by atoms with van der Waals surface area (Å²) in [6, 6.07) is 4.68. The predicted octanol–water partition coefficient (Wildman–Crippen LogP) is 3.18. The van der Waals surface area contributed by atoms with Crippen LogP contribution in [0, 0.1) is 10.1 Å². The van der Waals surface area contributed by atoms with E-state index in [1.54, 1.807) is 32.9 Å². The number of nitro benzene ring substituents is 1. The molecule has 1 aromatic carbocycles. The minimum atomic E-state index is -0.868. The highest BCUT2D eigenvalue weighted by atomic mass is 16.7. The summed E-state index contributed by atoms with van der Waals surface area (Å²) in [6.07, 6.45) is -0.931. The fraction of sp³-hybridized carbons (Fsp3) is 0.588. The highest BCUT2D eigenvalue weighted by Crippen LogP contribution is 2.35. The van der Waals surface area contributed by atoms with E-state index in [1.165, 1.54) is 20.3 Å². The molecule has 146 valence electrons. The van der Waals surface area contributed by atoms with Crippen LogP contribution in [0.3, 0.4) is 0 Å². The van der Waals surface area contributed by atoms with Crippen molar-refractivity contribution >= 4 is 11.8 Å². The van der Waals surface area contributed by atoms with Crippen molar-refractivity contribution in [2.75, 3.05) is 27.4 Å². The molecule has 0 aromatic heterocycles. The van der Waals surface area contributed by atoms with Gasteiger partial charge in [-0.05, 0) is 39.3 Å². The van der Waals surface area contributed by atoms with Crippen molar-refractivity contribution in [3.63, 3.8) is 0 Å². The fourth-order valence-electron chi connectivity index (χ4n) is 2.15. The lowest BCUT2D eigenvalue weighted by molar-refractivity contribution is -0.388. The third kappa shape index (κ3) is 6.85. The molecule has 0 bridgehead atoms. The van der Waals surface area contributed by atoms with Gasteiger partial charge in [0.1, 0.15) is 5.60 Å². The Bertz CT molecular complexity index is 610. The number of rotatable bonds is 9. The SMILES string of the molecule is COC(OC)c1cccc(OCCCNC(=O)OC(C)(C)C)c1[N+](=O)[O-]. The number of nitrogens with zero attached hydrogens (tertiary/aromatic N) is 1. The van der Waals surface area contributed by atoms with Crippen molar-refractivity contribution in [3.8, 4) is 5.75 Å². The maximum absolute atomic E-state index is 11.5. The molecule has 1 N–H and O–H groups in total. The number of ether oxygens (including phenoxy) is 4. The lowest BCUT2D eigenvalue weighted by atomic mass is 10.1. The number of hydrogen-bond donors (Lipinski definition) is 1. The van der Waals surface area contributed by atoms with Crippen LogP contribution in [0.4, 0.5) is 10.5 Å². The zero-order chi connectivity index (χ0) is 19.7. The number of carbonyl (C=O) groups is 1. The Morgan fingerprint density at radius 1 is 1.27 bits per heavy atom. The number of hydrogen-bond acceptors (Lipinski definition) is 7. The van der Waals surface area contributed by atoms with Crippen molar-refractivity contribution in [1.29, 1.82) is 0 Å². The second-order valence-corrected chi connectivity index (χ2v) is 6.39. The third-order valence-corrected chi connectivity index (χ3v) is 3.14. The normalized spacial score (nSPS) is 11.3. The molecule has 1 amide bonds. The monoisotopic (exact) mass is 370 g/mol. The summed E-state index contributed by atoms with van der Waals surface area (Å²) in [7, 11) is 2.79. The number of nitro groups is 1. The van der Waals surface area contributed by atoms with Crippen molar-refractivity contribution < 1.29 is 28.7 Å². The number of carbonyl (C=O) groups excluding carboxylic acids is 1. The van der Waals surface area contributed by atoms with Gasteiger partial charge in [0.2, 0.25) is 0 Å². The summed E-state index contributed by atoms with van der Waals surface area (Å²) in [4.78, 5) is 22.4. The average Bonchev–Trinajstić information content (AvgIpc) is 2.54. The Labute approximate surface area is 152 Å². The Morgan fingerprint density at radius 3 is 2.46 bits per heavy atom. The molecule has 0 heterocycles. The molecule has 0 saturated carbocycles. The molecule has 0 fully saturated rings. The molecule has 1 aromatic rings. The Hall–Kier alpha value is -2.39. The number of methoxy groups -OCH3 is 2. The van der Waals surface area contributed by atoms with Gasteiger partial charge in [-0.2, -0.15) is 0 Å². The van der Waals surface area contributed by atoms with Crippen LogP contribution < -0.4 is 10.1 Å². The van der Waals surface area contributed by atoms with Crippen LogP contribution in [0.5, 0.6) is 5.75 Å². The molecule has 0 radical (unpaired) electrons. The minimum Gasteiger partial charge on any atom is -0.487 e. The molecule has 9 nitrogen and oxygen atoms in total. The molecule has 0 spiro atoms. The molecule has 0 aliphatic rings. The van der Waals surface area contributed by atoms with E-state index < -0.39 is 22.9 Å². The number of benzene rings is 1. The van der Waals surface area contributed by atoms with Crippen LogP contribution in [-0.2, 0) is 14.2 Å². The van der Waals surface area contributed by atoms with Crippen LogP contribution >= 0.6 is 0 Å². The first-order valence-corrected chi connectivity index (χ1v) is 8.12. The fourth-order valence-corrected chi connectivity index (χ4v) is 2.15. The van der Waals surface area contributed by atoms with Gasteiger partial charge in [-0.3, -0.25) is 10.1 Å². The zero-order valence-electron chi connectivity index (χ0n) is 15.7. The maximum Gasteiger partial charge on any atom is 0.407 e. The first-order valence-electron chi connectivity index (χ1n) is 8.12. The molecule has 0 aliphatic carbocycles. The topological polar surface area (TPSA) is 109 Å². The number of para-hydroxylation sites is 1. The predicted molar refractivity (Wildman–Crippen MR) is 94.2 cm³/mol. The average molecular weight is 370 g/mol. The van der Waals surface area contributed by atoms with Crippen LogP contribution in [0.1, 0.15) is 39.0 Å². The number of nitrogens with one attached hydrogen (secondary N) is 1. The van der Waals surface area contributed by atoms with E-state index in [9.17, 15) is 14.9 Å². The molecule has 0 aliphatic heterocycles. The highest BCUT2D eigenvalue weighted by molar-refractivity contribution is 5.67. The molecule has 26 heavy (non-hydrogen) atoms. The van der Waals surface area contributed by atoms with Crippen LogP contribution in [0.25, 0.3) is 0 Å². The second-order valence-electron chi connectivity index (χ2n) is 6.39. The van der Waals surface area contributed by atoms with Crippen molar-refractivity contribution in [1.82, 2.24) is 5.32 Å². The van der Waals surface area contributed by atoms with Gasteiger partial charge < -0.3 is 24.3 Å². The second kappa shape index (κ2) is 9.93. The lowest BCUT2D eigenvalue weighted by Gasteiger charge is -2.19. The van der Waals surface area contributed by atoms with Gasteiger partial charge in [-0.25, -0.2) is 4.79 Å². The van der Waals surface area contributed by atoms with E-state index in [0.717, 1.165) is 0 Å². The molecule has 9 heteroatoms. The van der Waals surface area contributed by atoms with Gasteiger partial charge >= 0.3 is 11.8 Å². The largest absolute Gasteiger partial charge is 0.487 e. The molecule has 0 atom stereocenters. The van der Waals surface area contributed by atoms with Gasteiger partial charge in [0.15, 0.2) is 12.0 Å². The Balaban J connectivity index is 2.64. The van der Waals surface area contributed by atoms with Gasteiger partial charge in [0, 0.05) is 20.8 Å². The van der Waals surface area contributed by atoms with Gasteiger partial charge in [0.05, 0.1) is 17.1 Å². The van der Waals surface area contributed by atoms with Gasteiger partial charge in [-0.15, -0.1) is 0 Å². The van der Waals surface area contributed by atoms with Crippen molar-refractivity contribution in [3.05, 3.63) is 33.9 Å². The lowest BCUT2D eigenvalue weighted by Crippen LogP contribution is -2.33. The number of amides is 1. The van der Waals surface area contributed by atoms with Gasteiger partial charge in [-0.1, -0.05) is 6.07 Å². The van der Waals surface area contributed by atoms with Crippen molar-refractivity contribution in [2.24, 2.45) is 0 Å². The quantitative estimate of drug-likeness (QED) is 0.308. The van der Waals surface area contributed by atoms with E-state index in [0.29, 0.717) is 13.0 Å². The zero-order valence-corrected chi connectivity index (χ0v) is 15.7. The standard InChI is InChI=1S/C17H26N2O7/c1-17(2,3)26-16(20)18-10-7-11-25-13-9-6-8-12(14(13)19(21)22)15(23-4)24-5/h6,8-9,15H,7,10-11H2,1-5H3,(H,18,20). The first-order chi connectivity index (χ1) is 12.2. The van der Waals surface area contributed by atoms with Crippen molar-refractivity contribution in [2.45, 2.75) is 39.1 Å². The third-order valence-electron chi connectivity index (χ3n) is 3.14. The van der Waals surface area contributed by atoms with Crippen LogP contribution in [0.15, 0.2) is 18.2 Å². The molecule has 0 unspecified atom stereocenters. The summed E-state index contributed by atoms with van der Waals surface area (Å²) in [6.45, 7) is 5.82. The van der Waals surface area contributed by atoms with Crippen LogP contribution in [-0.4, -0.2) is 44.0 Å².